The predicted octanol–water partition coefficient (Wildman–Crippen LogP) is 2.83. The molecule has 26 heavy (non-hydrogen) atoms. The smallest absolute Gasteiger partial charge is 0.238 e. The number of amides is 1. The molecule has 1 N–H and O–H groups in total. The molecule has 0 atom stereocenters. The SMILES string of the molecule is CS(=O)(=O)c1cccc(NC(=O)CN(Cc2ccccc2F)C2CC2)c1. The molecule has 0 radical (unpaired) electrons. The summed E-state index contributed by atoms with van der Waals surface area (Å²) in [5.74, 6) is -0.529. The summed E-state index contributed by atoms with van der Waals surface area (Å²) in [4.78, 5) is 14.5. The number of hydrogen-bond donors (Lipinski definition) is 1. The number of sulfone groups is 1. The van der Waals surface area contributed by atoms with E-state index in [1.165, 1.54) is 18.2 Å². The summed E-state index contributed by atoms with van der Waals surface area (Å²) in [5, 5.41) is 2.73. The van der Waals surface area contributed by atoms with Gasteiger partial charge in [-0.15, -0.1) is 0 Å². The summed E-state index contributed by atoms with van der Waals surface area (Å²) in [7, 11) is -3.34. The van der Waals surface area contributed by atoms with Gasteiger partial charge >= 0.3 is 0 Å². The van der Waals surface area contributed by atoms with E-state index in [9.17, 15) is 17.6 Å². The third-order valence-corrected chi connectivity index (χ3v) is 5.40. The fraction of sp³-hybridized carbons (Fsp3) is 0.316. The molecule has 3 rings (SSSR count). The van der Waals surface area contributed by atoms with Crippen LogP contribution >= 0.6 is 0 Å². The van der Waals surface area contributed by atoms with E-state index in [0.717, 1.165) is 19.1 Å². The minimum atomic E-state index is -3.34. The molecule has 7 heteroatoms. The fourth-order valence-corrected chi connectivity index (χ4v) is 3.46. The van der Waals surface area contributed by atoms with Gasteiger partial charge in [0.2, 0.25) is 5.91 Å². The van der Waals surface area contributed by atoms with E-state index in [2.05, 4.69) is 5.32 Å². The quantitative estimate of drug-likeness (QED) is 0.807. The number of carbonyl (C=O) groups excluding carboxylic acids is 1. The Bertz CT molecular complexity index is 911. The zero-order valence-electron chi connectivity index (χ0n) is 14.5. The van der Waals surface area contributed by atoms with E-state index in [1.54, 1.807) is 30.3 Å². The number of anilines is 1. The maximum Gasteiger partial charge on any atom is 0.238 e. The van der Waals surface area contributed by atoms with E-state index in [1.807, 2.05) is 4.90 Å². The minimum Gasteiger partial charge on any atom is -0.325 e. The van der Waals surface area contributed by atoms with Gasteiger partial charge in [-0.1, -0.05) is 24.3 Å². The third-order valence-electron chi connectivity index (χ3n) is 4.29. The molecular formula is C19H21FN2O3S. The van der Waals surface area contributed by atoms with Crippen molar-refractivity contribution in [2.75, 3.05) is 18.1 Å². The highest BCUT2D eigenvalue weighted by Crippen LogP contribution is 2.28. The first-order valence-electron chi connectivity index (χ1n) is 8.40. The van der Waals surface area contributed by atoms with Gasteiger partial charge in [0, 0.05) is 30.1 Å². The van der Waals surface area contributed by atoms with Crippen molar-refractivity contribution in [3.63, 3.8) is 0 Å². The van der Waals surface area contributed by atoms with Crippen LogP contribution in [-0.4, -0.2) is 38.1 Å². The molecule has 2 aromatic rings. The van der Waals surface area contributed by atoms with E-state index >= 15 is 0 Å². The number of nitrogens with zero attached hydrogens (tertiary/aromatic N) is 1. The van der Waals surface area contributed by atoms with Gasteiger partial charge in [0.05, 0.1) is 11.4 Å². The minimum absolute atomic E-state index is 0.127. The summed E-state index contributed by atoms with van der Waals surface area (Å²) in [6, 6.07) is 13.0. The number of rotatable bonds is 7. The first-order valence-corrected chi connectivity index (χ1v) is 10.3. The normalized spacial score (nSPS) is 14.4. The van der Waals surface area contributed by atoms with Crippen LogP contribution in [-0.2, 0) is 21.2 Å². The van der Waals surface area contributed by atoms with E-state index in [-0.39, 0.29) is 29.2 Å². The zero-order chi connectivity index (χ0) is 18.7. The van der Waals surface area contributed by atoms with Crippen LogP contribution in [0.2, 0.25) is 0 Å². The molecule has 5 nitrogen and oxygen atoms in total. The van der Waals surface area contributed by atoms with Crippen molar-refractivity contribution in [1.82, 2.24) is 4.90 Å². The van der Waals surface area contributed by atoms with Crippen LogP contribution in [0.5, 0.6) is 0 Å². The fourth-order valence-electron chi connectivity index (χ4n) is 2.79. The predicted molar refractivity (Wildman–Crippen MR) is 98.0 cm³/mol. The summed E-state index contributed by atoms with van der Waals surface area (Å²) < 4.78 is 37.1. The van der Waals surface area contributed by atoms with Crippen LogP contribution in [0.15, 0.2) is 53.4 Å². The standard InChI is InChI=1S/C19H21FN2O3S/c1-26(24,25)17-7-4-6-15(11-17)21-19(23)13-22(16-9-10-16)12-14-5-2-3-8-18(14)20/h2-8,11,16H,9-10,12-13H2,1H3,(H,21,23). The lowest BCUT2D eigenvalue weighted by Gasteiger charge is -2.21. The first kappa shape index (κ1) is 18.5. The Hall–Kier alpha value is -2.25. The summed E-state index contributed by atoms with van der Waals surface area (Å²) in [5.41, 5.74) is 0.992. The third kappa shape index (κ3) is 4.89. The molecule has 0 unspecified atom stereocenters. The number of benzene rings is 2. The topological polar surface area (TPSA) is 66.5 Å². The molecule has 1 saturated carbocycles. The highest BCUT2D eigenvalue weighted by atomic mass is 32.2. The molecule has 0 spiro atoms. The molecule has 0 saturated heterocycles. The van der Waals surface area contributed by atoms with Crippen LogP contribution in [0.3, 0.4) is 0 Å². The number of nitrogens with one attached hydrogen (secondary N) is 1. The van der Waals surface area contributed by atoms with Crippen LogP contribution in [0.4, 0.5) is 10.1 Å². The highest BCUT2D eigenvalue weighted by Gasteiger charge is 2.30. The van der Waals surface area contributed by atoms with Gasteiger partial charge in [-0.2, -0.15) is 0 Å². The van der Waals surface area contributed by atoms with Crippen molar-refractivity contribution >= 4 is 21.4 Å². The lowest BCUT2D eigenvalue weighted by atomic mass is 10.2. The molecule has 1 aliphatic carbocycles. The second-order valence-corrected chi connectivity index (χ2v) is 8.59. The van der Waals surface area contributed by atoms with Gasteiger partial charge < -0.3 is 5.32 Å². The number of carbonyl (C=O) groups is 1. The van der Waals surface area contributed by atoms with E-state index in [4.69, 9.17) is 0 Å². The van der Waals surface area contributed by atoms with Gasteiger partial charge in [-0.25, -0.2) is 12.8 Å². The Kier molecular flexibility index (Phi) is 5.38. The van der Waals surface area contributed by atoms with Gasteiger partial charge in [0.1, 0.15) is 5.82 Å². The number of hydrogen-bond acceptors (Lipinski definition) is 4. The second kappa shape index (κ2) is 7.55. The van der Waals surface area contributed by atoms with Crippen molar-refractivity contribution in [1.29, 1.82) is 0 Å². The Morgan fingerprint density at radius 1 is 1.19 bits per heavy atom. The average molecular weight is 376 g/mol. The Morgan fingerprint density at radius 3 is 2.58 bits per heavy atom. The molecule has 0 heterocycles. The average Bonchev–Trinajstić information content (AvgIpc) is 3.40. The van der Waals surface area contributed by atoms with Crippen LogP contribution in [0, 0.1) is 5.82 Å². The Balaban J connectivity index is 1.67. The maximum absolute atomic E-state index is 13.9. The van der Waals surface area contributed by atoms with Crippen LogP contribution in [0.25, 0.3) is 0 Å². The van der Waals surface area contributed by atoms with Crippen molar-refractivity contribution < 1.29 is 17.6 Å². The van der Waals surface area contributed by atoms with Gasteiger partial charge in [-0.05, 0) is 37.1 Å². The molecular weight excluding hydrogens is 355 g/mol. The van der Waals surface area contributed by atoms with Crippen molar-refractivity contribution in [2.45, 2.75) is 30.3 Å². The molecule has 0 aromatic heterocycles. The van der Waals surface area contributed by atoms with Crippen molar-refractivity contribution in [3.05, 3.63) is 59.9 Å². The molecule has 1 fully saturated rings. The van der Waals surface area contributed by atoms with Crippen molar-refractivity contribution in [3.8, 4) is 0 Å². The Morgan fingerprint density at radius 2 is 1.92 bits per heavy atom. The molecule has 1 aliphatic rings. The molecule has 0 aliphatic heterocycles. The highest BCUT2D eigenvalue weighted by molar-refractivity contribution is 7.90. The van der Waals surface area contributed by atoms with E-state index in [0.29, 0.717) is 17.8 Å². The summed E-state index contributed by atoms with van der Waals surface area (Å²) in [6.07, 6.45) is 3.10. The van der Waals surface area contributed by atoms with Gasteiger partial charge in [0.25, 0.3) is 0 Å². The largest absolute Gasteiger partial charge is 0.325 e. The first-order chi connectivity index (χ1) is 12.3. The molecule has 1 amide bonds. The number of halogens is 1. The summed E-state index contributed by atoms with van der Waals surface area (Å²) >= 11 is 0. The Labute approximate surface area is 152 Å². The zero-order valence-corrected chi connectivity index (χ0v) is 15.3. The van der Waals surface area contributed by atoms with Gasteiger partial charge in [-0.3, -0.25) is 9.69 Å². The second-order valence-electron chi connectivity index (χ2n) is 6.58. The molecule has 138 valence electrons. The monoisotopic (exact) mass is 376 g/mol. The van der Waals surface area contributed by atoms with Crippen LogP contribution in [0.1, 0.15) is 18.4 Å². The van der Waals surface area contributed by atoms with Gasteiger partial charge in [0.15, 0.2) is 9.84 Å². The maximum atomic E-state index is 13.9. The lowest BCUT2D eigenvalue weighted by Crippen LogP contribution is -2.34. The summed E-state index contributed by atoms with van der Waals surface area (Å²) in [6.45, 7) is 0.496. The van der Waals surface area contributed by atoms with E-state index < -0.39 is 9.84 Å². The lowest BCUT2D eigenvalue weighted by molar-refractivity contribution is -0.117. The molecule has 0 bridgehead atoms. The van der Waals surface area contributed by atoms with Crippen molar-refractivity contribution in [2.24, 2.45) is 0 Å². The van der Waals surface area contributed by atoms with Crippen LogP contribution < -0.4 is 5.32 Å². The molecule has 2 aromatic carbocycles.